The number of nitrogens with one attached hydrogen (secondary N) is 2. The molecular formula is C33H48N2O10S. The van der Waals surface area contributed by atoms with Gasteiger partial charge in [0.25, 0.3) is 0 Å². The fraction of sp³-hybridized carbons (Fsp3) is 0.758. The number of hydrogen-bond donors (Lipinski definition) is 5. The Hall–Kier alpha value is -2.77. The molecule has 0 spiro atoms. The third-order valence-electron chi connectivity index (χ3n) is 11.4. The standard InChI is InChI=1S/C33H48N2O10S/c1-18(29(41)35-23(30(42)43)11-14-46-4)34-26(39)7-8-27(40)45-17-25(38)33(44)13-10-22-21-6-5-19-15-20(36)9-12-31(19,2)28(21)24(37)16-32(22,33)3/h15,18,21-24,28,37,44H,5-14,16-17H2,1-4H3,(H,34,39)(H,35,41)(H,42,43)/t18-,21+,22+,23+,24+,28-,31+,32+,33+/m1/s1. The van der Waals surface area contributed by atoms with Crippen molar-refractivity contribution < 1.29 is 48.8 Å². The molecule has 46 heavy (non-hydrogen) atoms. The van der Waals surface area contributed by atoms with Crippen molar-refractivity contribution in [3.8, 4) is 0 Å². The molecule has 0 heterocycles. The van der Waals surface area contributed by atoms with Crippen LogP contribution in [0.4, 0.5) is 0 Å². The number of thioether (sulfide) groups is 1. The van der Waals surface area contributed by atoms with Crippen LogP contribution in [-0.2, 0) is 33.5 Å². The topological polar surface area (TPSA) is 196 Å². The third-order valence-corrected chi connectivity index (χ3v) is 12.1. The molecule has 13 heteroatoms. The van der Waals surface area contributed by atoms with Crippen molar-refractivity contribution in [2.45, 2.75) is 109 Å². The summed E-state index contributed by atoms with van der Waals surface area (Å²) in [7, 11) is 0. The second kappa shape index (κ2) is 14.1. The quantitative estimate of drug-likeness (QED) is 0.181. The number of carbonyl (C=O) groups is 6. The van der Waals surface area contributed by atoms with Crippen molar-refractivity contribution in [2.75, 3.05) is 18.6 Å². The molecule has 0 bridgehead atoms. The smallest absolute Gasteiger partial charge is 0.326 e. The van der Waals surface area contributed by atoms with Gasteiger partial charge in [0.15, 0.2) is 12.4 Å². The van der Waals surface area contributed by atoms with Gasteiger partial charge in [-0.15, -0.1) is 0 Å². The Balaban J connectivity index is 1.28. The number of carbonyl (C=O) groups excluding carboxylic acids is 5. The van der Waals surface area contributed by atoms with Gasteiger partial charge >= 0.3 is 11.9 Å². The first-order chi connectivity index (χ1) is 21.6. The van der Waals surface area contributed by atoms with E-state index in [0.717, 1.165) is 18.4 Å². The Kier molecular flexibility index (Phi) is 11.1. The fourth-order valence-electron chi connectivity index (χ4n) is 8.87. The van der Waals surface area contributed by atoms with Crippen molar-refractivity contribution in [1.29, 1.82) is 0 Å². The number of aliphatic carboxylic acids is 1. The summed E-state index contributed by atoms with van der Waals surface area (Å²) >= 11 is 1.44. The van der Waals surface area contributed by atoms with Crippen LogP contribution in [0.1, 0.15) is 85.0 Å². The number of Topliss-reactive ketones (excluding diaryl/α,β-unsaturated/α-hetero) is 1. The lowest BCUT2D eigenvalue weighted by Gasteiger charge is -2.60. The van der Waals surface area contributed by atoms with E-state index in [9.17, 15) is 44.1 Å². The van der Waals surface area contributed by atoms with Crippen LogP contribution in [-0.4, -0.2) is 93.0 Å². The predicted octanol–water partition coefficient (Wildman–Crippen LogP) is 1.94. The highest BCUT2D eigenvalue weighted by atomic mass is 32.2. The van der Waals surface area contributed by atoms with Gasteiger partial charge in [-0.1, -0.05) is 19.4 Å². The van der Waals surface area contributed by atoms with Crippen LogP contribution in [0.3, 0.4) is 0 Å². The number of fused-ring (bicyclic) bond motifs is 5. The van der Waals surface area contributed by atoms with Crippen LogP contribution >= 0.6 is 11.8 Å². The molecule has 12 nitrogen and oxygen atoms in total. The van der Waals surface area contributed by atoms with Crippen LogP contribution in [0.2, 0.25) is 0 Å². The largest absolute Gasteiger partial charge is 0.480 e. The normalized spacial score (nSPS) is 34.6. The first-order valence-electron chi connectivity index (χ1n) is 16.2. The summed E-state index contributed by atoms with van der Waals surface area (Å²) < 4.78 is 5.18. The molecule has 0 aromatic heterocycles. The number of ether oxygens (including phenoxy) is 1. The van der Waals surface area contributed by atoms with Crippen molar-refractivity contribution in [2.24, 2.45) is 28.6 Å². The van der Waals surface area contributed by atoms with Gasteiger partial charge in [-0.2, -0.15) is 11.8 Å². The number of aliphatic hydroxyl groups is 2. The Bertz CT molecular complexity index is 1290. The monoisotopic (exact) mass is 664 g/mol. The molecule has 0 aliphatic heterocycles. The lowest BCUT2D eigenvalue weighted by Crippen LogP contribution is -2.62. The average Bonchev–Trinajstić information content (AvgIpc) is 3.27. The summed E-state index contributed by atoms with van der Waals surface area (Å²) in [5, 5.41) is 37.5. The Morgan fingerprint density at radius 3 is 2.48 bits per heavy atom. The number of ketones is 2. The number of carboxylic acid groups (broad SMARTS) is 1. The minimum Gasteiger partial charge on any atom is -0.480 e. The third kappa shape index (κ3) is 6.92. The SMILES string of the molecule is CSCC[C@H](NC(=O)[C@@H](C)NC(=O)CCC(=O)OCC(=O)[C@@]1(O)CC[C@H]2[C@@H]3CCC4=CC(=O)CC[C@]4(C)[C@H]3[C@@H](O)C[C@@]21C)C(=O)O. The van der Waals surface area contributed by atoms with Gasteiger partial charge < -0.3 is 30.7 Å². The van der Waals surface area contributed by atoms with Gasteiger partial charge in [-0.3, -0.25) is 24.0 Å². The van der Waals surface area contributed by atoms with E-state index in [-0.39, 0.29) is 61.1 Å². The highest BCUT2D eigenvalue weighted by Gasteiger charge is 2.68. The lowest BCUT2D eigenvalue weighted by atomic mass is 9.45. The average molecular weight is 665 g/mol. The maximum absolute atomic E-state index is 13.5. The van der Waals surface area contributed by atoms with Gasteiger partial charge in [0, 0.05) is 18.3 Å². The lowest BCUT2D eigenvalue weighted by molar-refractivity contribution is -0.184. The van der Waals surface area contributed by atoms with Gasteiger partial charge in [0.1, 0.15) is 17.7 Å². The van der Waals surface area contributed by atoms with E-state index in [0.29, 0.717) is 25.0 Å². The fourth-order valence-corrected chi connectivity index (χ4v) is 9.34. The molecule has 3 fully saturated rings. The second-order valence-corrected chi connectivity index (χ2v) is 15.0. The molecule has 4 aliphatic rings. The zero-order chi connectivity index (χ0) is 34.0. The molecule has 3 saturated carbocycles. The summed E-state index contributed by atoms with van der Waals surface area (Å²) in [5.41, 5.74) is -1.89. The molecule has 256 valence electrons. The van der Waals surface area contributed by atoms with Crippen LogP contribution < -0.4 is 10.6 Å². The maximum atomic E-state index is 13.5. The van der Waals surface area contributed by atoms with E-state index < -0.39 is 65.3 Å². The predicted molar refractivity (Wildman–Crippen MR) is 168 cm³/mol. The molecule has 4 aliphatic carbocycles. The number of amides is 2. The van der Waals surface area contributed by atoms with Crippen molar-refractivity contribution in [3.63, 3.8) is 0 Å². The molecule has 4 rings (SSSR count). The number of aliphatic hydroxyl groups excluding tert-OH is 1. The molecule has 0 saturated heterocycles. The second-order valence-electron chi connectivity index (χ2n) is 14.0. The van der Waals surface area contributed by atoms with E-state index in [4.69, 9.17) is 4.74 Å². The van der Waals surface area contributed by atoms with Gasteiger partial charge in [-0.05, 0) is 93.1 Å². The van der Waals surface area contributed by atoms with E-state index in [1.807, 2.05) is 13.2 Å². The number of esters is 1. The Labute approximate surface area is 273 Å². The van der Waals surface area contributed by atoms with Crippen molar-refractivity contribution in [3.05, 3.63) is 11.6 Å². The maximum Gasteiger partial charge on any atom is 0.326 e. The number of carboxylic acids is 1. The van der Waals surface area contributed by atoms with Crippen LogP contribution in [0.5, 0.6) is 0 Å². The Morgan fingerprint density at radius 2 is 1.80 bits per heavy atom. The van der Waals surface area contributed by atoms with Crippen molar-refractivity contribution >= 4 is 47.1 Å². The van der Waals surface area contributed by atoms with Crippen LogP contribution in [0.15, 0.2) is 11.6 Å². The summed E-state index contributed by atoms with van der Waals surface area (Å²) in [5.74, 6) is -3.25. The Morgan fingerprint density at radius 1 is 1.09 bits per heavy atom. The molecule has 2 amide bonds. The molecular weight excluding hydrogens is 616 g/mol. The van der Waals surface area contributed by atoms with E-state index in [2.05, 4.69) is 17.6 Å². The molecule has 9 atom stereocenters. The zero-order valence-electron chi connectivity index (χ0n) is 27.1. The van der Waals surface area contributed by atoms with Crippen molar-refractivity contribution in [1.82, 2.24) is 10.6 Å². The van der Waals surface area contributed by atoms with E-state index >= 15 is 0 Å². The number of hydrogen-bond acceptors (Lipinski definition) is 10. The number of rotatable bonds is 13. The summed E-state index contributed by atoms with van der Waals surface area (Å²) in [4.78, 5) is 74.1. The number of allylic oxidation sites excluding steroid dienone is 1. The van der Waals surface area contributed by atoms with Gasteiger partial charge in [0.2, 0.25) is 17.6 Å². The molecule has 5 N–H and O–H groups in total. The van der Waals surface area contributed by atoms with Gasteiger partial charge in [-0.25, -0.2) is 4.79 Å². The van der Waals surface area contributed by atoms with E-state index in [1.165, 1.54) is 18.7 Å². The molecule has 0 aromatic carbocycles. The summed E-state index contributed by atoms with van der Waals surface area (Å²) in [6, 6.07) is -2.12. The minimum atomic E-state index is -1.78. The van der Waals surface area contributed by atoms with E-state index in [1.54, 1.807) is 6.08 Å². The first-order valence-corrected chi connectivity index (χ1v) is 17.6. The van der Waals surface area contributed by atoms with Gasteiger partial charge in [0.05, 0.1) is 12.5 Å². The molecule has 0 aromatic rings. The summed E-state index contributed by atoms with van der Waals surface area (Å²) in [6.07, 6.45) is 6.05. The minimum absolute atomic E-state index is 0.0132. The van der Waals surface area contributed by atoms with Crippen LogP contribution in [0.25, 0.3) is 0 Å². The highest BCUT2D eigenvalue weighted by Crippen LogP contribution is 2.67. The van der Waals surface area contributed by atoms with Crippen LogP contribution in [0, 0.1) is 28.6 Å². The zero-order valence-corrected chi connectivity index (χ0v) is 28.0. The first kappa shape index (κ1) is 36.1. The summed E-state index contributed by atoms with van der Waals surface area (Å²) in [6.45, 7) is 4.72. The molecule has 0 radical (unpaired) electrons. The highest BCUT2D eigenvalue weighted by molar-refractivity contribution is 7.98. The molecule has 0 unspecified atom stereocenters.